The van der Waals surface area contributed by atoms with Crippen LogP contribution in [-0.2, 0) is 9.59 Å². The molecule has 25 heavy (non-hydrogen) atoms. The molecule has 2 rings (SSSR count). The van der Waals surface area contributed by atoms with E-state index in [1.54, 1.807) is 38.1 Å². The summed E-state index contributed by atoms with van der Waals surface area (Å²) in [7, 11) is 0. The van der Waals surface area contributed by atoms with Gasteiger partial charge in [-0.25, -0.2) is 0 Å². The number of benzene rings is 2. The first kappa shape index (κ1) is 18.1. The van der Waals surface area contributed by atoms with E-state index in [1.165, 1.54) is 0 Å². The summed E-state index contributed by atoms with van der Waals surface area (Å²) in [5.41, 5.74) is 2.40. The number of hydrogen-bond acceptors (Lipinski definition) is 4. The molecule has 0 aliphatic heterocycles. The minimum absolute atomic E-state index is 0.312. The van der Waals surface area contributed by atoms with E-state index in [0.29, 0.717) is 16.9 Å². The highest BCUT2D eigenvalue weighted by molar-refractivity contribution is 6.00. The van der Waals surface area contributed by atoms with E-state index in [-0.39, 0.29) is 11.8 Å². The van der Waals surface area contributed by atoms with Crippen LogP contribution in [0.5, 0.6) is 0 Å². The quantitative estimate of drug-likeness (QED) is 0.614. The molecule has 0 aromatic heterocycles. The van der Waals surface area contributed by atoms with Crippen molar-refractivity contribution < 1.29 is 9.59 Å². The Morgan fingerprint density at radius 1 is 0.960 bits per heavy atom. The SMILES string of the molecule is C=C(C)C(=O)N[C@@H](C)C(=O)Nc1ccc(N=Nc2ccccc2)cc1. The Morgan fingerprint density at radius 3 is 2.08 bits per heavy atom. The highest BCUT2D eigenvalue weighted by atomic mass is 16.2. The van der Waals surface area contributed by atoms with E-state index in [4.69, 9.17) is 0 Å². The van der Waals surface area contributed by atoms with Crippen LogP contribution < -0.4 is 10.6 Å². The number of anilines is 1. The molecule has 128 valence electrons. The Hall–Kier alpha value is -3.28. The van der Waals surface area contributed by atoms with E-state index in [2.05, 4.69) is 27.4 Å². The molecular formula is C19H20N4O2. The van der Waals surface area contributed by atoms with Crippen molar-refractivity contribution in [1.29, 1.82) is 0 Å². The van der Waals surface area contributed by atoms with Gasteiger partial charge in [0.25, 0.3) is 0 Å². The van der Waals surface area contributed by atoms with Crippen LogP contribution in [0.25, 0.3) is 0 Å². The molecule has 6 heteroatoms. The molecule has 0 saturated heterocycles. The zero-order valence-electron chi connectivity index (χ0n) is 14.2. The molecule has 0 radical (unpaired) electrons. The Balaban J connectivity index is 1.93. The second-order valence-electron chi connectivity index (χ2n) is 5.55. The van der Waals surface area contributed by atoms with Gasteiger partial charge >= 0.3 is 0 Å². The third-order valence-electron chi connectivity index (χ3n) is 3.30. The summed E-state index contributed by atoms with van der Waals surface area (Å²) >= 11 is 0. The van der Waals surface area contributed by atoms with Gasteiger partial charge in [0.1, 0.15) is 6.04 Å². The summed E-state index contributed by atoms with van der Waals surface area (Å²) in [6.45, 7) is 6.73. The molecule has 6 nitrogen and oxygen atoms in total. The number of hydrogen-bond donors (Lipinski definition) is 2. The number of nitrogens with one attached hydrogen (secondary N) is 2. The molecule has 0 spiro atoms. The lowest BCUT2D eigenvalue weighted by molar-refractivity contribution is -0.123. The van der Waals surface area contributed by atoms with E-state index in [1.807, 2.05) is 30.3 Å². The minimum Gasteiger partial charge on any atom is -0.341 e. The normalized spacial score (nSPS) is 11.8. The van der Waals surface area contributed by atoms with Crippen LogP contribution in [0.3, 0.4) is 0 Å². The maximum atomic E-state index is 12.1. The molecule has 0 fully saturated rings. The molecule has 2 N–H and O–H groups in total. The van der Waals surface area contributed by atoms with Crippen molar-refractivity contribution in [3.63, 3.8) is 0 Å². The highest BCUT2D eigenvalue weighted by Gasteiger charge is 2.15. The van der Waals surface area contributed by atoms with Gasteiger partial charge < -0.3 is 10.6 Å². The lowest BCUT2D eigenvalue weighted by atomic mass is 10.2. The number of rotatable bonds is 6. The predicted octanol–water partition coefficient (Wildman–Crippen LogP) is 4.12. The summed E-state index contributed by atoms with van der Waals surface area (Å²) in [5.74, 6) is -0.660. The zero-order valence-corrected chi connectivity index (χ0v) is 14.2. The number of carbonyl (C=O) groups is 2. The first-order chi connectivity index (χ1) is 12.0. The monoisotopic (exact) mass is 336 g/mol. The number of amides is 2. The fourth-order valence-corrected chi connectivity index (χ4v) is 1.86. The molecule has 0 bridgehead atoms. The molecule has 0 saturated carbocycles. The van der Waals surface area contributed by atoms with Crippen LogP contribution in [0.1, 0.15) is 13.8 Å². The van der Waals surface area contributed by atoms with Crippen molar-refractivity contribution in [2.75, 3.05) is 5.32 Å². The van der Waals surface area contributed by atoms with Crippen molar-refractivity contribution in [2.24, 2.45) is 10.2 Å². The molecule has 1 atom stereocenters. The van der Waals surface area contributed by atoms with Crippen LogP contribution in [0.15, 0.2) is 77.0 Å². The van der Waals surface area contributed by atoms with E-state index in [0.717, 1.165) is 5.69 Å². The molecule has 2 aromatic carbocycles. The van der Waals surface area contributed by atoms with Gasteiger partial charge in [0, 0.05) is 11.3 Å². The Bertz CT molecular complexity index is 783. The van der Waals surface area contributed by atoms with Gasteiger partial charge in [-0.15, -0.1) is 0 Å². The number of carbonyl (C=O) groups excluding carboxylic acids is 2. The second-order valence-corrected chi connectivity index (χ2v) is 5.55. The summed E-state index contributed by atoms with van der Waals surface area (Å²) in [6.07, 6.45) is 0. The minimum atomic E-state index is -0.665. The maximum Gasteiger partial charge on any atom is 0.246 e. The number of azo groups is 1. The predicted molar refractivity (Wildman–Crippen MR) is 98.1 cm³/mol. The Kier molecular flexibility index (Phi) is 6.17. The number of nitrogens with zero attached hydrogens (tertiary/aromatic N) is 2. The fourth-order valence-electron chi connectivity index (χ4n) is 1.86. The van der Waals surface area contributed by atoms with Gasteiger partial charge in [0.05, 0.1) is 11.4 Å². The molecule has 0 heterocycles. The van der Waals surface area contributed by atoms with Gasteiger partial charge in [-0.3, -0.25) is 9.59 Å². The molecule has 0 aliphatic carbocycles. The molecule has 0 aliphatic rings. The van der Waals surface area contributed by atoms with Crippen LogP contribution >= 0.6 is 0 Å². The van der Waals surface area contributed by atoms with Crippen LogP contribution in [0.2, 0.25) is 0 Å². The average Bonchev–Trinajstić information content (AvgIpc) is 2.61. The second kappa shape index (κ2) is 8.54. The summed E-state index contributed by atoms with van der Waals surface area (Å²) in [5, 5.41) is 13.6. The smallest absolute Gasteiger partial charge is 0.246 e. The lowest BCUT2D eigenvalue weighted by Gasteiger charge is -2.14. The van der Waals surface area contributed by atoms with E-state index >= 15 is 0 Å². The topological polar surface area (TPSA) is 82.9 Å². The van der Waals surface area contributed by atoms with E-state index in [9.17, 15) is 9.59 Å². The van der Waals surface area contributed by atoms with Crippen LogP contribution in [0, 0.1) is 0 Å². The van der Waals surface area contributed by atoms with E-state index < -0.39 is 6.04 Å². The first-order valence-corrected chi connectivity index (χ1v) is 7.80. The molecule has 2 amide bonds. The van der Waals surface area contributed by atoms with Gasteiger partial charge in [0.2, 0.25) is 11.8 Å². The van der Waals surface area contributed by atoms with Crippen molar-refractivity contribution in [3.8, 4) is 0 Å². The molecule has 2 aromatic rings. The van der Waals surface area contributed by atoms with Crippen LogP contribution in [-0.4, -0.2) is 17.9 Å². The standard InChI is InChI=1S/C19H20N4O2/c1-13(2)18(24)20-14(3)19(25)21-15-9-11-17(12-10-15)23-22-16-7-5-4-6-8-16/h4-12,14H,1H2,2-3H3,(H,20,24)(H,21,25)/t14-/m0/s1. The van der Waals surface area contributed by atoms with Gasteiger partial charge in [-0.1, -0.05) is 24.8 Å². The molecule has 0 unspecified atom stereocenters. The highest BCUT2D eigenvalue weighted by Crippen LogP contribution is 2.20. The summed E-state index contributed by atoms with van der Waals surface area (Å²) in [6, 6.07) is 15.7. The summed E-state index contributed by atoms with van der Waals surface area (Å²) < 4.78 is 0. The maximum absolute atomic E-state index is 12.1. The van der Waals surface area contributed by atoms with Crippen molar-refractivity contribution >= 4 is 28.9 Å². The van der Waals surface area contributed by atoms with Gasteiger partial charge in [-0.05, 0) is 50.2 Å². The summed E-state index contributed by atoms with van der Waals surface area (Å²) in [4.78, 5) is 23.6. The van der Waals surface area contributed by atoms with Crippen molar-refractivity contribution in [1.82, 2.24) is 5.32 Å². The first-order valence-electron chi connectivity index (χ1n) is 7.80. The average molecular weight is 336 g/mol. The third-order valence-corrected chi connectivity index (χ3v) is 3.30. The van der Waals surface area contributed by atoms with Gasteiger partial charge in [0.15, 0.2) is 0 Å². The van der Waals surface area contributed by atoms with Crippen molar-refractivity contribution in [3.05, 3.63) is 66.7 Å². The molecular weight excluding hydrogens is 316 g/mol. The Morgan fingerprint density at radius 2 is 1.52 bits per heavy atom. The third kappa shape index (κ3) is 5.69. The van der Waals surface area contributed by atoms with Gasteiger partial charge in [-0.2, -0.15) is 10.2 Å². The fraction of sp³-hybridized carbons (Fsp3) is 0.158. The zero-order chi connectivity index (χ0) is 18.2. The lowest BCUT2D eigenvalue weighted by Crippen LogP contribution is -2.41. The largest absolute Gasteiger partial charge is 0.341 e. The Labute approximate surface area is 146 Å². The van der Waals surface area contributed by atoms with Crippen LogP contribution in [0.4, 0.5) is 17.1 Å². The van der Waals surface area contributed by atoms with Crippen molar-refractivity contribution in [2.45, 2.75) is 19.9 Å².